The Morgan fingerprint density at radius 2 is 2.13 bits per heavy atom. The number of fused-ring (bicyclic) bond motifs is 1. The van der Waals surface area contributed by atoms with E-state index in [4.69, 9.17) is 9.47 Å². The number of rotatable bonds is 8. The van der Waals surface area contributed by atoms with Crippen molar-refractivity contribution >= 4 is 54.8 Å². The Morgan fingerprint density at radius 1 is 1.30 bits per heavy atom. The molecule has 0 saturated carbocycles. The molecule has 7 nitrogen and oxygen atoms in total. The van der Waals surface area contributed by atoms with Crippen LogP contribution in [0.5, 0.6) is 5.75 Å². The molecule has 1 aliphatic rings. The topological polar surface area (TPSA) is 84.0 Å². The summed E-state index contributed by atoms with van der Waals surface area (Å²) in [6.07, 6.45) is 0. The molecular formula is C19H20LiN3O4S3. The number of ether oxygens (including phenoxy) is 2. The van der Waals surface area contributed by atoms with E-state index in [1.807, 2.05) is 17.9 Å². The predicted octanol–water partition coefficient (Wildman–Crippen LogP) is 0.739. The first-order valence-corrected chi connectivity index (χ1v) is 12.0. The van der Waals surface area contributed by atoms with Crippen molar-refractivity contribution < 1.29 is 36.8 Å². The third-order valence-electron chi connectivity index (χ3n) is 4.42. The monoisotopic (exact) mass is 457 g/mol. The van der Waals surface area contributed by atoms with E-state index in [1.165, 1.54) is 15.6 Å². The van der Waals surface area contributed by atoms with Gasteiger partial charge in [-0.05, 0) is 23.6 Å². The van der Waals surface area contributed by atoms with Crippen LogP contribution in [0.2, 0.25) is 0 Å². The van der Waals surface area contributed by atoms with Crippen molar-refractivity contribution in [2.75, 3.05) is 38.2 Å². The summed E-state index contributed by atoms with van der Waals surface area (Å²) < 4.78 is 38.6. The first kappa shape index (κ1) is 23.3. The van der Waals surface area contributed by atoms with Crippen molar-refractivity contribution in [3.05, 3.63) is 47.2 Å². The van der Waals surface area contributed by atoms with Gasteiger partial charge in [0.2, 0.25) is 0 Å². The number of hydrogen-bond donors (Lipinski definition) is 1. The average molecular weight is 458 g/mol. The predicted molar refractivity (Wildman–Crippen MR) is 119 cm³/mol. The molecule has 1 aromatic carbocycles. The van der Waals surface area contributed by atoms with E-state index in [2.05, 4.69) is 9.98 Å². The van der Waals surface area contributed by atoms with Crippen LogP contribution in [-0.2, 0) is 14.8 Å². The standard InChI is InChI=1S/C19H20N3O4S3.Li/c1-22(29(23,24)17-4-3-8-27-17)16-12-14(26-7-6-25-2)10-13-11-15(21-18(13)16)19-20-5-9-28-19;/h3-4,8-12,21H,5-7H2,1-2H3;/q-1;+1. The summed E-state index contributed by atoms with van der Waals surface area (Å²) in [5.41, 5.74) is 2.09. The quantitative estimate of drug-likeness (QED) is 0.307. The Kier molecular flexibility index (Phi) is 7.60. The molecule has 4 rings (SSSR count). The maximum Gasteiger partial charge on any atom is 1.00 e. The molecule has 1 N–H and O–H groups in total. The van der Waals surface area contributed by atoms with Gasteiger partial charge in [-0.15, -0.1) is 11.3 Å². The second kappa shape index (κ2) is 9.81. The van der Waals surface area contributed by atoms with E-state index in [-0.39, 0.29) is 23.1 Å². The summed E-state index contributed by atoms with van der Waals surface area (Å²) in [7, 11) is -0.521. The number of aliphatic imine (C=N–C) groups is 1. The number of sulfonamides is 1. The molecule has 2 aromatic heterocycles. The molecule has 11 heteroatoms. The van der Waals surface area contributed by atoms with Gasteiger partial charge in [0.05, 0.1) is 28.5 Å². The first-order chi connectivity index (χ1) is 14.0. The first-order valence-electron chi connectivity index (χ1n) is 8.85. The van der Waals surface area contributed by atoms with Gasteiger partial charge < -0.3 is 19.5 Å². The zero-order valence-corrected chi connectivity index (χ0v) is 19.4. The number of aromatic nitrogens is 1. The van der Waals surface area contributed by atoms with E-state index < -0.39 is 10.0 Å². The molecule has 30 heavy (non-hydrogen) atoms. The minimum absolute atomic E-state index is 0. The average Bonchev–Trinajstić information content (AvgIpc) is 3.47. The van der Waals surface area contributed by atoms with Crippen molar-refractivity contribution in [1.82, 2.24) is 4.98 Å². The zero-order valence-electron chi connectivity index (χ0n) is 16.9. The minimum Gasteiger partial charge on any atom is -0.491 e. The van der Waals surface area contributed by atoms with Gasteiger partial charge in [-0.3, -0.25) is 16.1 Å². The van der Waals surface area contributed by atoms with Crippen LogP contribution >= 0.6 is 23.1 Å². The number of anilines is 1. The number of nitrogens with one attached hydrogen (secondary N) is 1. The number of thiophene rings is 1. The molecule has 0 unspecified atom stereocenters. The van der Waals surface area contributed by atoms with Gasteiger partial charge in [-0.2, -0.15) is 0 Å². The van der Waals surface area contributed by atoms with Crippen LogP contribution < -0.4 is 27.9 Å². The number of thioether (sulfide) groups is 1. The van der Waals surface area contributed by atoms with Crippen molar-refractivity contribution in [3.63, 3.8) is 0 Å². The summed E-state index contributed by atoms with van der Waals surface area (Å²) in [4.78, 5) is 7.81. The largest absolute Gasteiger partial charge is 1.00 e. The van der Waals surface area contributed by atoms with Crippen LogP contribution in [0.1, 0.15) is 5.69 Å². The molecule has 0 saturated heterocycles. The summed E-state index contributed by atoms with van der Waals surface area (Å²) >= 11 is 2.76. The number of nitrogens with zero attached hydrogens (tertiary/aromatic N) is 2. The van der Waals surface area contributed by atoms with Crippen molar-refractivity contribution in [3.8, 4) is 5.75 Å². The van der Waals surface area contributed by atoms with Gasteiger partial charge in [0.25, 0.3) is 10.0 Å². The SMILES string of the molecule is COCCOc1cc(N(C)S(=O)(=O)c2cccs2)c2[nH]c(C3=NC[CH-]S3)cc2c1.[Li+]. The molecule has 0 radical (unpaired) electrons. The maximum atomic E-state index is 13.1. The third-order valence-corrected chi connectivity index (χ3v) is 8.45. The molecule has 0 amide bonds. The van der Waals surface area contributed by atoms with E-state index in [0.717, 1.165) is 21.6 Å². The van der Waals surface area contributed by atoms with Gasteiger partial charge in [0.15, 0.2) is 0 Å². The Morgan fingerprint density at radius 3 is 2.80 bits per heavy atom. The summed E-state index contributed by atoms with van der Waals surface area (Å²) in [6, 6.07) is 8.93. The Bertz CT molecular complexity index is 1140. The molecule has 0 spiro atoms. The third kappa shape index (κ3) is 4.59. The molecule has 0 bridgehead atoms. The molecule has 3 heterocycles. The summed E-state index contributed by atoms with van der Waals surface area (Å²) in [5.74, 6) is 2.60. The van der Waals surface area contributed by atoms with Gasteiger partial charge in [0.1, 0.15) is 16.6 Å². The molecule has 0 fully saturated rings. The van der Waals surface area contributed by atoms with Crippen LogP contribution in [0.3, 0.4) is 0 Å². The molecule has 0 atom stereocenters. The van der Waals surface area contributed by atoms with Gasteiger partial charge in [0, 0.05) is 25.6 Å². The van der Waals surface area contributed by atoms with Gasteiger partial charge >= 0.3 is 18.9 Å². The van der Waals surface area contributed by atoms with Crippen molar-refractivity contribution in [2.24, 2.45) is 4.99 Å². The van der Waals surface area contributed by atoms with Crippen LogP contribution in [0.15, 0.2) is 44.9 Å². The number of benzene rings is 1. The normalized spacial score (nSPS) is 13.9. The summed E-state index contributed by atoms with van der Waals surface area (Å²) in [6.45, 7) is 1.48. The molecule has 3 aromatic rings. The van der Waals surface area contributed by atoms with E-state index in [0.29, 0.717) is 31.2 Å². The number of hydrogen-bond acceptors (Lipinski definition) is 7. The summed E-state index contributed by atoms with van der Waals surface area (Å²) in [5, 5.41) is 3.49. The maximum absolute atomic E-state index is 13.1. The fourth-order valence-corrected chi connectivity index (χ4v) is 6.04. The van der Waals surface area contributed by atoms with Crippen LogP contribution in [0.4, 0.5) is 5.69 Å². The van der Waals surface area contributed by atoms with Gasteiger partial charge in [-0.1, -0.05) is 12.6 Å². The van der Waals surface area contributed by atoms with Crippen LogP contribution in [0.25, 0.3) is 10.9 Å². The molecule has 0 aliphatic carbocycles. The minimum atomic E-state index is -3.68. The molecule has 154 valence electrons. The Labute approximate surface area is 196 Å². The van der Waals surface area contributed by atoms with Crippen LogP contribution in [-0.4, -0.2) is 52.4 Å². The Balaban J connectivity index is 0.00000256. The number of H-pyrrole nitrogens is 1. The molecular weight excluding hydrogens is 437 g/mol. The van der Waals surface area contributed by atoms with E-state index in [9.17, 15) is 8.42 Å². The van der Waals surface area contributed by atoms with Crippen molar-refractivity contribution in [2.45, 2.75) is 4.21 Å². The second-order valence-electron chi connectivity index (χ2n) is 6.27. The van der Waals surface area contributed by atoms with Gasteiger partial charge in [-0.25, -0.2) is 14.2 Å². The van der Waals surface area contributed by atoms with E-state index >= 15 is 0 Å². The van der Waals surface area contributed by atoms with Crippen LogP contribution in [0, 0.1) is 5.75 Å². The smallest absolute Gasteiger partial charge is 0.491 e. The fourth-order valence-electron chi connectivity index (χ4n) is 2.98. The second-order valence-corrected chi connectivity index (χ2v) is 10.4. The van der Waals surface area contributed by atoms with E-state index in [1.54, 1.807) is 49.5 Å². The fraction of sp³-hybridized carbons (Fsp3) is 0.263. The zero-order chi connectivity index (χ0) is 20.4. The Hall–Kier alpha value is -1.41. The molecule has 1 aliphatic heterocycles. The van der Waals surface area contributed by atoms with Crippen molar-refractivity contribution in [1.29, 1.82) is 0 Å². The number of methoxy groups -OCH3 is 1. The number of aromatic amines is 1.